The highest BCUT2D eigenvalue weighted by molar-refractivity contribution is 6.35. The molecule has 1 saturated heterocycles. The minimum absolute atomic E-state index is 0.472. The van der Waals surface area contributed by atoms with Gasteiger partial charge in [0.15, 0.2) is 7.28 Å². The number of hydrogen-bond donors (Lipinski definition) is 0. The van der Waals surface area contributed by atoms with E-state index in [2.05, 4.69) is 27.6 Å². The predicted octanol–water partition coefficient (Wildman–Crippen LogP) is 1.49. The molecule has 0 aromatic heterocycles. The molecule has 0 radical (unpaired) electrons. The number of rotatable bonds is 1. The van der Waals surface area contributed by atoms with E-state index in [9.17, 15) is 0 Å². The fourth-order valence-corrected chi connectivity index (χ4v) is 1.76. The lowest BCUT2D eigenvalue weighted by molar-refractivity contribution is 0.0839. The van der Waals surface area contributed by atoms with E-state index < -0.39 is 0 Å². The second-order valence-corrected chi connectivity index (χ2v) is 3.51. The van der Waals surface area contributed by atoms with Crippen molar-refractivity contribution >= 4 is 7.28 Å². The Labute approximate surface area is 64.4 Å². The monoisotopic (exact) mass is 140 g/mol. The van der Waals surface area contributed by atoms with Gasteiger partial charge in [-0.25, -0.2) is 0 Å². The van der Waals surface area contributed by atoms with E-state index in [1.165, 1.54) is 0 Å². The summed E-state index contributed by atoms with van der Waals surface area (Å²) in [5, 5.41) is 0. The van der Waals surface area contributed by atoms with Crippen LogP contribution in [0.25, 0.3) is 0 Å². The third-order valence-corrected chi connectivity index (χ3v) is 2.95. The highest BCUT2D eigenvalue weighted by atomic mass is 16.5. The first-order valence-electron chi connectivity index (χ1n) is 4.32. The van der Waals surface area contributed by atoms with Crippen LogP contribution in [-0.4, -0.2) is 19.4 Å². The zero-order chi connectivity index (χ0) is 7.72. The van der Waals surface area contributed by atoms with Crippen LogP contribution in [0, 0.1) is 11.8 Å². The highest BCUT2D eigenvalue weighted by Crippen LogP contribution is 2.30. The number of ether oxygens (including phenoxy) is 1. The zero-order valence-corrected chi connectivity index (χ0v) is 7.42. The average Bonchev–Trinajstić information content (AvgIpc) is 2.17. The summed E-state index contributed by atoms with van der Waals surface area (Å²) in [6.07, 6.45) is 0.472. The Balaban J connectivity index is 2.53. The first-order chi connectivity index (χ1) is 4.66. The molecule has 10 heavy (non-hydrogen) atoms. The first kappa shape index (κ1) is 8.12. The minimum Gasteiger partial charge on any atom is -0.383 e. The Morgan fingerprint density at radius 2 is 1.70 bits per heavy atom. The Morgan fingerprint density at radius 3 is 1.90 bits per heavy atom. The standard InChI is InChI=1S/C8H17BO/c1-5-6(2)8(9-4)10-7(5)3/h5-9H,1-4H3. The molecule has 58 valence electrons. The van der Waals surface area contributed by atoms with Crippen LogP contribution in [0.1, 0.15) is 20.8 Å². The van der Waals surface area contributed by atoms with Crippen molar-refractivity contribution in [2.24, 2.45) is 11.8 Å². The van der Waals surface area contributed by atoms with Gasteiger partial charge >= 0.3 is 0 Å². The summed E-state index contributed by atoms with van der Waals surface area (Å²) in [5.74, 6) is 1.49. The average molecular weight is 140 g/mol. The van der Waals surface area contributed by atoms with Crippen molar-refractivity contribution in [2.75, 3.05) is 0 Å². The van der Waals surface area contributed by atoms with Crippen LogP contribution in [0.2, 0.25) is 6.82 Å². The summed E-state index contributed by atoms with van der Waals surface area (Å²) in [5.41, 5.74) is 0. The molecular formula is C8H17BO. The van der Waals surface area contributed by atoms with Gasteiger partial charge in [0.25, 0.3) is 0 Å². The van der Waals surface area contributed by atoms with Crippen molar-refractivity contribution in [3.05, 3.63) is 0 Å². The van der Waals surface area contributed by atoms with Gasteiger partial charge in [0.05, 0.1) is 6.10 Å². The van der Waals surface area contributed by atoms with E-state index in [4.69, 9.17) is 4.74 Å². The molecule has 1 heterocycles. The van der Waals surface area contributed by atoms with Crippen molar-refractivity contribution in [1.82, 2.24) is 0 Å². The molecule has 0 aromatic rings. The smallest absolute Gasteiger partial charge is 0.154 e. The highest BCUT2D eigenvalue weighted by Gasteiger charge is 2.34. The Hall–Kier alpha value is 0.0249. The normalized spacial score (nSPS) is 47.6. The molecule has 0 aromatic carbocycles. The van der Waals surface area contributed by atoms with Gasteiger partial charge in [-0.2, -0.15) is 0 Å². The van der Waals surface area contributed by atoms with Crippen LogP contribution in [0.4, 0.5) is 0 Å². The lowest BCUT2D eigenvalue weighted by Gasteiger charge is -2.12. The summed E-state index contributed by atoms with van der Waals surface area (Å²) in [7, 11) is 1.16. The molecule has 0 aliphatic carbocycles. The van der Waals surface area contributed by atoms with Crippen LogP contribution in [-0.2, 0) is 4.74 Å². The number of hydrogen-bond acceptors (Lipinski definition) is 1. The van der Waals surface area contributed by atoms with Gasteiger partial charge in [0, 0.05) is 6.00 Å². The Morgan fingerprint density at radius 1 is 1.10 bits per heavy atom. The molecule has 4 unspecified atom stereocenters. The van der Waals surface area contributed by atoms with Gasteiger partial charge in [-0.15, -0.1) is 0 Å². The maximum atomic E-state index is 5.73. The molecule has 4 atom stereocenters. The quantitative estimate of drug-likeness (QED) is 0.501. The van der Waals surface area contributed by atoms with Crippen LogP contribution in [0.3, 0.4) is 0 Å². The van der Waals surface area contributed by atoms with Crippen LogP contribution < -0.4 is 0 Å². The van der Waals surface area contributed by atoms with Crippen molar-refractivity contribution in [1.29, 1.82) is 0 Å². The lowest BCUT2D eigenvalue weighted by atomic mass is 9.68. The molecule has 0 bridgehead atoms. The zero-order valence-electron chi connectivity index (χ0n) is 7.42. The summed E-state index contributed by atoms with van der Waals surface area (Å²) in [6.45, 7) is 8.95. The van der Waals surface area contributed by atoms with E-state index >= 15 is 0 Å². The summed E-state index contributed by atoms with van der Waals surface area (Å²) < 4.78 is 5.73. The molecule has 2 heteroatoms. The van der Waals surface area contributed by atoms with E-state index in [0.717, 1.165) is 19.1 Å². The fraction of sp³-hybridized carbons (Fsp3) is 1.00. The van der Waals surface area contributed by atoms with E-state index in [1.807, 2.05) is 0 Å². The van der Waals surface area contributed by atoms with Crippen LogP contribution in [0.15, 0.2) is 0 Å². The van der Waals surface area contributed by atoms with Crippen molar-refractivity contribution in [2.45, 2.75) is 39.7 Å². The molecule has 1 nitrogen and oxygen atoms in total. The third-order valence-electron chi connectivity index (χ3n) is 2.95. The summed E-state index contributed by atoms with van der Waals surface area (Å²) in [4.78, 5) is 0. The van der Waals surface area contributed by atoms with Gasteiger partial charge in [-0.3, -0.25) is 0 Å². The van der Waals surface area contributed by atoms with E-state index in [1.54, 1.807) is 0 Å². The van der Waals surface area contributed by atoms with Crippen LogP contribution in [0.5, 0.6) is 0 Å². The van der Waals surface area contributed by atoms with Crippen molar-refractivity contribution < 1.29 is 4.74 Å². The molecule has 0 N–H and O–H groups in total. The van der Waals surface area contributed by atoms with E-state index in [0.29, 0.717) is 12.1 Å². The predicted molar refractivity (Wildman–Crippen MR) is 45.7 cm³/mol. The van der Waals surface area contributed by atoms with Gasteiger partial charge < -0.3 is 4.74 Å². The molecule has 1 aliphatic rings. The molecule has 1 aliphatic heterocycles. The fourth-order valence-electron chi connectivity index (χ4n) is 1.76. The molecule has 0 spiro atoms. The first-order valence-corrected chi connectivity index (χ1v) is 4.32. The minimum atomic E-state index is 0.472. The summed E-state index contributed by atoms with van der Waals surface area (Å²) >= 11 is 0. The third kappa shape index (κ3) is 1.22. The molecule has 0 amide bonds. The molecule has 1 fully saturated rings. The second-order valence-electron chi connectivity index (χ2n) is 3.51. The lowest BCUT2D eigenvalue weighted by Crippen LogP contribution is -2.20. The largest absolute Gasteiger partial charge is 0.383 e. The SMILES string of the molecule is CBC1OC(C)C(C)C1C. The molecular weight excluding hydrogens is 123 g/mol. The van der Waals surface area contributed by atoms with Crippen molar-refractivity contribution in [3.8, 4) is 0 Å². The van der Waals surface area contributed by atoms with E-state index in [-0.39, 0.29) is 0 Å². The maximum Gasteiger partial charge on any atom is 0.154 e. The Kier molecular flexibility index (Phi) is 2.40. The maximum absolute atomic E-state index is 5.73. The topological polar surface area (TPSA) is 9.23 Å². The summed E-state index contributed by atoms with van der Waals surface area (Å²) in [6, 6.07) is 0.519. The van der Waals surface area contributed by atoms with Gasteiger partial charge in [-0.1, -0.05) is 20.7 Å². The van der Waals surface area contributed by atoms with Crippen LogP contribution >= 0.6 is 0 Å². The second kappa shape index (κ2) is 2.95. The van der Waals surface area contributed by atoms with Gasteiger partial charge in [-0.05, 0) is 18.8 Å². The molecule has 1 rings (SSSR count). The molecule has 0 saturated carbocycles. The Bertz CT molecular complexity index is 116. The van der Waals surface area contributed by atoms with Gasteiger partial charge in [0.1, 0.15) is 0 Å². The van der Waals surface area contributed by atoms with Gasteiger partial charge in [0.2, 0.25) is 0 Å². The van der Waals surface area contributed by atoms with Crippen molar-refractivity contribution in [3.63, 3.8) is 0 Å².